The van der Waals surface area contributed by atoms with E-state index in [2.05, 4.69) is 10.3 Å². The molecule has 2 heterocycles. The first kappa shape index (κ1) is 20.7. The van der Waals surface area contributed by atoms with E-state index in [1.807, 2.05) is 17.0 Å². The quantitative estimate of drug-likeness (QED) is 0.764. The van der Waals surface area contributed by atoms with Crippen LogP contribution in [0.1, 0.15) is 17.5 Å². The number of ether oxygens (including phenoxy) is 1. The highest BCUT2D eigenvalue weighted by Crippen LogP contribution is 2.20. The number of rotatable bonds is 7. The fraction of sp³-hybridized carbons (Fsp3) is 0.381. The highest BCUT2D eigenvalue weighted by Gasteiger charge is 2.32. The lowest BCUT2D eigenvalue weighted by Gasteiger charge is -2.35. The van der Waals surface area contributed by atoms with Crippen LogP contribution in [0.2, 0.25) is 0 Å². The van der Waals surface area contributed by atoms with Gasteiger partial charge in [0.2, 0.25) is 11.8 Å². The molecule has 1 aliphatic rings. The number of halogens is 1. The molecule has 154 valence electrons. The fourth-order valence-corrected chi connectivity index (χ4v) is 3.35. The number of benzene rings is 1. The lowest BCUT2D eigenvalue weighted by atomic mass is 10.1. The van der Waals surface area contributed by atoms with Crippen molar-refractivity contribution in [1.82, 2.24) is 20.1 Å². The van der Waals surface area contributed by atoms with E-state index in [1.165, 1.54) is 13.2 Å². The molecule has 0 bridgehead atoms. The summed E-state index contributed by atoms with van der Waals surface area (Å²) in [6.07, 6.45) is 3.41. The molecule has 1 atom stereocenters. The zero-order valence-corrected chi connectivity index (χ0v) is 16.6. The first-order chi connectivity index (χ1) is 14.0. The summed E-state index contributed by atoms with van der Waals surface area (Å²) >= 11 is 0. The molecule has 3 rings (SSSR count). The minimum absolute atomic E-state index is 0.0281. The van der Waals surface area contributed by atoms with Crippen molar-refractivity contribution in [2.75, 3.05) is 27.2 Å². The Bertz CT molecular complexity index is 862. The molecule has 0 spiro atoms. The minimum atomic E-state index is -0.644. The van der Waals surface area contributed by atoms with Crippen molar-refractivity contribution in [1.29, 1.82) is 0 Å². The van der Waals surface area contributed by atoms with E-state index in [0.29, 0.717) is 30.9 Å². The summed E-state index contributed by atoms with van der Waals surface area (Å²) in [5, 5.41) is 2.80. The largest absolute Gasteiger partial charge is 0.497 e. The average molecular weight is 400 g/mol. The molecule has 1 aromatic carbocycles. The van der Waals surface area contributed by atoms with Gasteiger partial charge in [-0.25, -0.2) is 4.39 Å². The SMILES string of the molecule is COc1ccc(CN2CCNC(=O)[C@H]2CC(=O)N(C)Cc2cccnc2)c(F)c1. The molecule has 1 aliphatic heterocycles. The van der Waals surface area contributed by atoms with Gasteiger partial charge in [-0.2, -0.15) is 0 Å². The molecule has 0 saturated carbocycles. The van der Waals surface area contributed by atoms with Crippen molar-refractivity contribution in [3.8, 4) is 5.75 Å². The number of aromatic nitrogens is 1. The van der Waals surface area contributed by atoms with Gasteiger partial charge in [0, 0.05) is 57.3 Å². The topological polar surface area (TPSA) is 74.8 Å². The molecule has 1 fully saturated rings. The van der Waals surface area contributed by atoms with Crippen LogP contribution < -0.4 is 10.1 Å². The second kappa shape index (κ2) is 9.47. The summed E-state index contributed by atoms with van der Waals surface area (Å²) in [4.78, 5) is 32.6. The standard InChI is InChI=1S/C21H25FN4O3/c1-25(13-15-4-3-7-23-12-15)20(27)11-19-21(28)24-8-9-26(19)14-16-5-6-17(29-2)10-18(16)22/h3-7,10,12,19H,8-9,11,13-14H2,1-2H3,(H,24,28)/t19-/m1/s1. The molecule has 1 N–H and O–H groups in total. The Morgan fingerprint density at radius 2 is 2.24 bits per heavy atom. The summed E-state index contributed by atoms with van der Waals surface area (Å²) in [5.74, 6) is -0.329. The third-order valence-corrected chi connectivity index (χ3v) is 5.01. The highest BCUT2D eigenvalue weighted by atomic mass is 19.1. The van der Waals surface area contributed by atoms with E-state index in [4.69, 9.17) is 4.74 Å². The summed E-state index contributed by atoms with van der Waals surface area (Å²) in [6, 6.07) is 7.71. The van der Waals surface area contributed by atoms with E-state index >= 15 is 0 Å². The van der Waals surface area contributed by atoms with E-state index in [0.717, 1.165) is 5.56 Å². The Balaban J connectivity index is 1.68. The number of methoxy groups -OCH3 is 1. The van der Waals surface area contributed by atoms with Crippen LogP contribution in [0.3, 0.4) is 0 Å². The normalized spacial score (nSPS) is 16.9. The third-order valence-electron chi connectivity index (χ3n) is 5.01. The first-order valence-electron chi connectivity index (χ1n) is 9.45. The van der Waals surface area contributed by atoms with Gasteiger partial charge in [-0.05, 0) is 17.7 Å². The predicted molar refractivity (Wildman–Crippen MR) is 105 cm³/mol. The molecule has 2 aromatic rings. The third kappa shape index (κ3) is 5.29. The highest BCUT2D eigenvalue weighted by molar-refractivity contribution is 5.88. The molecule has 29 heavy (non-hydrogen) atoms. The Kier molecular flexibility index (Phi) is 6.77. The van der Waals surface area contributed by atoms with Crippen LogP contribution in [0.5, 0.6) is 5.75 Å². The zero-order valence-electron chi connectivity index (χ0n) is 16.6. The molecule has 2 amide bonds. The van der Waals surface area contributed by atoms with E-state index < -0.39 is 11.9 Å². The maximum absolute atomic E-state index is 14.4. The molecule has 1 aromatic heterocycles. The lowest BCUT2D eigenvalue weighted by molar-refractivity contribution is -0.138. The van der Waals surface area contributed by atoms with Crippen molar-refractivity contribution in [2.45, 2.75) is 25.6 Å². The van der Waals surface area contributed by atoms with Gasteiger partial charge in [-0.3, -0.25) is 19.5 Å². The number of carbonyl (C=O) groups excluding carboxylic acids is 2. The van der Waals surface area contributed by atoms with Crippen LogP contribution in [-0.4, -0.2) is 59.9 Å². The number of hydrogen-bond donors (Lipinski definition) is 1. The predicted octanol–water partition coefficient (Wildman–Crippen LogP) is 1.58. The number of pyridine rings is 1. The Labute approximate surface area is 169 Å². The first-order valence-corrected chi connectivity index (χ1v) is 9.45. The van der Waals surface area contributed by atoms with Crippen molar-refractivity contribution in [3.05, 3.63) is 59.7 Å². The molecule has 1 saturated heterocycles. The van der Waals surface area contributed by atoms with Crippen LogP contribution in [-0.2, 0) is 22.7 Å². The fourth-order valence-electron chi connectivity index (χ4n) is 3.35. The van der Waals surface area contributed by atoms with Gasteiger partial charge in [-0.1, -0.05) is 12.1 Å². The monoisotopic (exact) mass is 400 g/mol. The Morgan fingerprint density at radius 1 is 1.41 bits per heavy atom. The maximum Gasteiger partial charge on any atom is 0.237 e. The molecule has 0 aliphatic carbocycles. The molecular weight excluding hydrogens is 375 g/mol. The van der Waals surface area contributed by atoms with Crippen LogP contribution in [0.25, 0.3) is 0 Å². The Hall–Kier alpha value is -3.00. The number of nitrogens with zero attached hydrogens (tertiary/aromatic N) is 3. The average Bonchev–Trinajstić information content (AvgIpc) is 2.72. The number of carbonyl (C=O) groups is 2. The van der Waals surface area contributed by atoms with E-state index in [9.17, 15) is 14.0 Å². The molecule has 0 radical (unpaired) electrons. The van der Waals surface area contributed by atoms with E-state index in [1.54, 1.807) is 36.5 Å². The van der Waals surface area contributed by atoms with Crippen LogP contribution >= 0.6 is 0 Å². The molecule has 8 heteroatoms. The minimum Gasteiger partial charge on any atom is -0.497 e. The smallest absolute Gasteiger partial charge is 0.237 e. The van der Waals surface area contributed by atoms with Gasteiger partial charge in [0.25, 0.3) is 0 Å². The van der Waals surface area contributed by atoms with Gasteiger partial charge >= 0.3 is 0 Å². The van der Waals surface area contributed by atoms with Crippen molar-refractivity contribution in [2.24, 2.45) is 0 Å². The van der Waals surface area contributed by atoms with Crippen LogP contribution in [0.15, 0.2) is 42.7 Å². The lowest BCUT2D eigenvalue weighted by Crippen LogP contribution is -2.56. The van der Waals surface area contributed by atoms with Crippen molar-refractivity contribution >= 4 is 11.8 Å². The number of piperazine rings is 1. The van der Waals surface area contributed by atoms with Gasteiger partial charge < -0.3 is 15.0 Å². The zero-order chi connectivity index (χ0) is 20.8. The van der Waals surface area contributed by atoms with E-state index in [-0.39, 0.29) is 24.8 Å². The van der Waals surface area contributed by atoms with Crippen molar-refractivity contribution in [3.63, 3.8) is 0 Å². The van der Waals surface area contributed by atoms with Gasteiger partial charge in [0.15, 0.2) is 0 Å². The second-order valence-electron chi connectivity index (χ2n) is 7.05. The summed E-state index contributed by atoms with van der Waals surface area (Å²) in [7, 11) is 3.18. The van der Waals surface area contributed by atoms with Gasteiger partial charge in [0.05, 0.1) is 19.6 Å². The number of nitrogens with one attached hydrogen (secondary N) is 1. The van der Waals surface area contributed by atoms with Gasteiger partial charge in [0.1, 0.15) is 11.6 Å². The van der Waals surface area contributed by atoms with Crippen molar-refractivity contribution < 1.29 is 18.7 Å². The molecule has 7 nitrogen and oxygen atoms in total. The number of hydrogen-bond acceptors (Lipinski definition) is 5. The second-order valence-corrected chi connectivity index (χ2v) is 7.05. The van der Waals surface area contributed by atoms with Gasteiger partial charge in [-0.15, -0.1) is 0 Å². The summed E-state index contributed by atoms with van der Waals surface area (Å²) < 4.78 is 19.4. The summed E-state index contributed by atoms with van der Waals surface area (Å²) in [6.45, 7) is 1.66. The van der Waals surface area contributed by atoms with Crippen LogP contribution in [0, 0.1) is 5.82 Å². The van der Waals surface area contributed by atoms with Crippen LogP contribution in [0.4, 0.5) is 4.39 Å². The maximum atomic E-state index is 14.4. The summed E-state index contributed by atoms with van der Waals surface area (Å²) in [5.41, 5.74) is 1.37. The Morgan fingerprint density at radius 3 is 2.93 bits per heavy atom. The molecule has 0 unspecified atom stereocenters. The molecular formula is C21H25FN4O3. The number of amides is 2.